The Morgan fingerprint density at radius 2 is 1.85 bits per heavy atom. The predicted molar refractivity (Wildman–Crippen MR) is 86.0 cm³/mol. The van der Waals surface area contributed by atoms with Crippen LogP contribution in [0, 0.1) is 0 Å². The quantitative estimate of drug-likeness (QED) is 0.705. The molecule has 0 amide bonds. The van der Waals surface area contributed by atoms with Gasteiger partial charge in [-0.25, -0.2) is 0 Å². The van der Waals surface area contributed by atoms with Crippen molar-refractivity contribution in [1.82, 2.24) is 5.32 Å². The van der Waals surface area contributed by atoms with Crippen molar-refractivity contribution < 1.29 is 33.5 Å². The zero-order valence-electron chi connectivity index (χ0n) is 14.6. The summed E-state index contributed by atoms with van der Waals surface area (Å²) in [4.78, 5) is 0. The van der Waals surface area contributed by atoms with Gasteiger partial charge in [-0.2, -0.15) is 0 Å². The minimum Gasteiger partial charge on any atom is -0.504 e. The van der Waals surface area contributed by atoms with Crippen LogP contribution in [0.1, 0.15) is 30.9 Å². The van der Waals surface area contributed by atoms with Crippen molar-refractivity contribution in [3.63, 3.8) is 0 Å². The van der Waals surface area contributed by atoms with Gasteiger partial charge in [0.15, 0.2) is 17.3 Å². The summed E-state index contributed by atoms with van der Waals surface area (Å²) >= 11 is 0. The Balaban J connectivity index is 1.49. The molecule has 2 N–H and O–H groups in total. The molecule has 0 bridgehead atoms. The van der Waals surface area contributed by atoms with Crippen molar-refractivity contribution in [3.8, 4) is 17.2 Å². The van der Waals surface area contributed by atoms with E-state index >= 15 is 0 Å². The van der Waals surface area contributed by atoms with Crippen LogP contribution in [-0.2, 0) is 25.5 Å². The number of hydrogen-bond donors (Lipinski definition) is 2. The van der Waals surface area contributed by atoms with Crippen molar-refractivity contribution in [2.45, 2.75) is 62.6 Å². The first-order valence-electron chi connectivity index (χ1n) is 9.00. The third-order valence-corrected chi connectivity index (χ3v) is 6.08. The summed E-state index contributed by atoms with van der Waals surface area (Å²) in [6, 6.07) is 1.97. The second kappa shape index (κ2) is 5.02. The molecule has 0 spiro atoms. The lowest BCUT2D eigenvalue weighted by Gasteiger charge is -2.47. The molecule has 8 nitrogen and oxygen atoms in total. The van der Waals surface area contributed by atoms with Gasteiger partial charge in [0.2, 0.25) is 12.5 Å². The van der Waals surface area contributed by atoms with Crippen LogP contribution in [0.15, 0.2) is 6.07 Å². The van der Waals surface area contributed by atoms with Crippen LogP contribution in [0.4, 0.5) is 0 Å². The van der Waals surface area contributed by atoms with E-state index in [9.17, 15) is 5.11 Å². The lowest BCUT2D eigenvalue weighted by atomic mass is 9.70. The minimum atomic E-state index is -0.667. The first kappa shape index (κ1) is 15.5. The van der Waals surface area contributed by atoms with Crippen molar-refractivity contribution in [2.75, 3.05) is 13.6 Å². The normalized spacial score (nSPS) is 41.3. The number of aromatic hydroxyl groups is 1. The molecule has 6 atom stereocenters. The van der Waals surface area contributed by atoms with Crippen LogP contribution >= 0.6 is 0 Å². The van der Waals surface area contributed by atoms with Gasteiger partial charge in [-0.05, 0) is 25.5 Å². The fourth-order valence-corrected chi connectivity index (χ4v) is 5.13. The lowest BCUT2D eigenvalue weighted by molar-refractivity contribution is -0.155. The highest BCUT2D eigenvalue weighted by Crippen LogP contribution is 2.53. The molecule has 26 heavy (non-hydrogen) atoms. The van der Waals surface area contributed by atoms with Gasteiger partial charge in [-0.15, -0.1) is 0 Å². The minimum absolute atomic E-state index is 0.00278. The number of fused-ring (bicyclic) bond motifs is 9. The van der Waals surface area contributed by atoms with Crippen molar-refractivity contribution >= 4 is 0 Å². The SMILES string of the molecule is CC1(C)O[C@@H]2[C@H]3OCO[C@H]3[C@@H]3c4cc5c(c(O)c4CN[C@H]3[C@@H]2O1)OCO5. The van der Waals surface area contributed by atoms with E-state index in [0.29, 0.717) is 18.0 Å². The molecule has 4 heterocycles. The van der Waals surface area contributed by atoms with Crippen molar-refractivity contribution in [3.05, 3.63) is 17.2 Å². The van der Waals surface area contributed by atoms with Gasteiger partial charge in [-0.1, -0.05) is 0 Å². The number of nitrogens with one attached hydrogen (secondary N) is 1. The third-order valence-electron chi connectivity index (χ3n) is 6.08. The molecule has 6 rings (SSSR count). The van der Waals surface area contributed by atoms with Gasteiger partial charge in [0.1, 0.15) is 25.1 Å². The summed E-state index contributed by atoms with van der Waals surface area (Å²) in [6.07, 6.45) is -0.720. The van der Waals surface area contributed by atoms with Crippen LogP contribution in [-0.4, -0.2) is 54.9 Å². The molecule has 5 aliphatic rings. The molecule has 2 saturated heterocycles. The fraction of sp³-hybridized carbons (Fsp3) is 0.667. The maximum atomic E-state index is 10.7. The number of phenolic OH excluding ortho intramolecular Hbond substituents is 1. The second-order valence-corrected chi connectivity index (χ2v) is 7.90. The van der Waals surface area contributed by atoms with Gasteiger partial charge in [0.05, 0.1) is 6.10 Å². The predicted octanol–water partition coefficient (Wildman–Crippen LogP) is 0.951. The van der Waals surface area contributed by atoms with Crippen molar-refractivity contribution in [2.24, 2.45) is 0 Å². The van der Waals surface area contributed by atoms with Crippen molar-refractivity contribution in [1.29, 1.82) is 0 Å². The first-order valence-corrected chi connectivity index (χ1v) is 9.00. The molecular formula is C18H21NO7. The summed E-state index contributed by atoms with van der Waals surface area (Å²) in [7, 11) is 0. The molecule has 0 aromatic heterocycles. The van der Waals surface area contributed by atoms with Crippen LogP contribution in [0.2, 0.25) is 0 Å². The summed E-state index contributed by atoms with van der Waals surface area (Å²) in [5.74, 6) is 0.426. The molecular weight excluding hydrogens is 342 g/mol. The van der Waals surface area contributed by atoms with E-state index in [2.05, 4.69) is 5.32 Å². The van der Waals surface area contributed by atoms with Crippen LogP contribution in [0.5, 0.6) is 17.2 Å². The Kier molecular flexibility index (Phi) is 2.99. The number of ether oxygens (including phenoxy) is 6. The van der Waals surface area contributed by atoms with E-state index in [0.717, 1.165) is 11.1 Å². The highest BCUT2D eigenvalue weighted by molar-refractivity contribution is 5.61. The average Bonchev–Trinajstić information content (AvgIpc) is 3.31. The van der Waals surface area contributed by atoms with Gasteiger partial charge >= 0.3 is 0 Å². The molecule has 1 saturated carbocycles. The first-order chi connectivity index (χ1) is 12.5. The molecule has 4 aliphatic heterocycles. The molecule has 1 aliphatic carbocycles. The van der Waals surface area contributed by atoms with Crippen LogP contribution in [0.25, 0.3) is 0 Å². The van der Waals surface area contributed by atoms with E-state index in [1.165, 1.54) is 0 Å². The maximum Gasteiger partial charge on any atom is 0.231 e. The Bertz CT molecular complexity index is 781. The number of rotatable bonds is 0. The third kappa shape index (κ3) is 1.91. The van der Waals surface area contributed by atoms with E-state index < -0.39 is 5.79 Å². The van der Waals surface area contributed by atoms with E-state index in [-0.39, 0.29) is 55.7 Å². The molecule has 0 radical (unpaired) electrons. The van der Waals surface area contributed by atoms with Gasteiger partial charge < -0.3 is 38.8 Å². The van der Waals surface area contributed by atoms with E-state index in [1.54, 1.807) is 0 Å². The molecule has 140 valence electrons. The van der Waals surface area contributed by atoms with Gasteiger partial charge in [0, 0.05) is 24.1 Å². The average molecular weight is 363 g/mol. The smallest absolute Gasteiger partial charge is 0.231 e. The highest BCUT2D eigenvalue weighted by Gasteiger charge is 2.62. The Labute approximate surface area is 150 Å². The lowest BCUT2D eigenvalue weighted by Crippen LogP contribution is -2.63. The number of hydrogen-bond acceptors (Lipinski definition) is 8. The Hall–Kier alpha value is -1.58. The summed E-state index contributed by atoms with van der Waals surface area (Å²) < 4.78 is 35.2. The monoisotopic (exact) mass is 363 g/mol. The van der Waals surface area contributed by atoms with E-state index in [4.69, 9.17) is 28.4 Å². The maximum absolute atomic E-state index is 10.7. The largest absolute Gasteiger partial charge is 0.504 e. The standard InChI is InChI=1S/C18H21NO7/c1-18(2)25-15-11-10(14-16(17(15)26-18)24-6-23-14)7-3-9-13(22-5-21-9)12(20)8(7)4-19-11/h3,10-11,14-17,19-20H,4-6H2,1-2H3/t10-,11-,14+,15+,16+,17+/m1/s1. The Morgan fingerprint density at radius 1 is 1.04 bits per heavy atom. The molecule has 0 unspecified atom stereocenters. The number of benzene rings is 1. The summed E-state index contributed by atoms with van der Waals surface area (Å²) in [6.45, 7) is 4.72. The Morgan fingerprint density at radius 3 is 2.73 bits per heavy atom. The van der Waals surface area contributed by atoms with Gasteiger partial charge in [0.25, 0.3) is 0 Å². The second-order valence-electron chi connectivity index (χ2n) is 7.90. The zero-order chi connectivity index (χ0) is 17.6. The zero-order valence-corrected chi connectivity index (χ0v) is 14.6. The number of phenols is 1. The van der Waals surface area contributed by atoms with E-state index in [1.807, 2.05) is 19.9 Å². The molecule has 3 fully saturated rings. The molecule has 1 aromatic rings. The topological polar surface area (TPSA) is 87.6 Å². The van der Waals surface area contributed by atoms with Crippen LogP contribution < -0.4 is 14.8 Å². The highest BCUT2D eigenvalue weighted by atomic mass is 16.8. The molecule has 8 heteroatoms. The molecule has 1 aromatic carbocycles. The van der Waals surface area contributed by atoms with Gasteiger partial charge in [-0.3, -0.25) is 0 Å². The van der Waals surface area contributed by atoms with Crippen LogP contribution in [0.3, 0.4) is 0 Å². The summed E-state index contributed by atoms with van der Waals surface area (Å²) in [5, 5.41) is 14.2. The summed E-state index contributed by atoms with van der Waals surface area (Å²) in [5.41, 5.74) is 1.82. The fourth-order valence-electron chi connectivity index (χ4n) is 5.13.